The molecule has 67 valence electrons. The van der Waals surface area contributed by atoms with Gasteiger partial charge in [-0.2, -0.15) is 0 Å². The molecule has 6 heteroatoms. The van der Waals surface area contributed by atoms with Crippen LogP contribution >= 0.6 is 11.3 Å². The fourth-order valence-electron chi connectivity index (χ4n) is 0.791. The summed E-state index contributed by atoms with van der Waals surface area (Å²) in [7, 11) is 3.86. The number of carboxylic acid groups (broad SMARTS) is 1. The van der Waals surface area contributed by atoms with Crippen molar-refractivity contribution in [2.75, 3.05) is 14.1 Å². The predicted octanol–water partition coefficient (Wildman–Crippen LogP) is 0.522. The topological polar surface area (TPSA) is 53.4 Å². The summed E-state index contributed by atoms with van der Waals surface area (Å²) < 4.78 is 0. The van der Waals surface area contributed by atoms with E-state index in [-0.39, 0.29) is 23.9 Å². The van der Waals surface area contributed by atoms with Crippen LogP contribution in [0.15, 0.2) is 6.20 Å². The van der Waals surface area contributed by atoms with Crippen molar-refractivity contribution >= 4 is 36.2 Å². The Labute approximate surface area is 92.8 Å². The van der Waals surface area contributed by atoms with Gasteiger partial charge in [0.25, 0.3) is 0 Å². The van der Waals surface area contributed by atoms with Crippen molar-refractivity contribution in [1.29, 1.82) is 0 Å². The number of rotatable bonds is 3. The standard InChI is InChI=1S/C7H10N2O2S.Li/c1-9(2)4-5-3-8-6(12-5)7(10)11;/h3H,4H2,1-2H3,(H,10,11);. The molecule has 0 spiro atoms. The second kappa shape index (κ2) is 5.40. The van der Waals surface area contributed by atoms with Crippen molar-refractivity contribution in [2.24, 2.45) is 0 Å². The van der Waals surface area contributed by atoms with Gasteiger partial charge in [0.1, 0.15) is 0 Å². The summed E-state index contributed by atoms with van der Waals surface area (Å²) >= 11 is 1.22. The van der Waals surface area contributed by atoms with Gasteiger partial charge in [-0.05, 0) is 14.1 Å². The Kier molecular flexibility index (Phi) is 5.26. The van der Waals surface area contributed by atoms with Gasteiger partial charge in [0.05, 0.1) is 0 Å². The SMILES string of the molecule is CN(C)Cc1cnc(C(=O)O)s1.[Li]. The van der Waals surface area contributed by atoms with Gasteiger partial charge >= 0.3 is 5.97 Å². The van der Waals surface area contributed by atoms with Crippen molar-refractivity contribution < 1.29 is 9.90 Å². The fourth-order valence-corrected chi connectivity index (χ4v) is 1.66. The first kappa shape index (κ1) is 12.7. The summed E-state index contributed by atoms with van der Waals surface area (Å²) in [4.78, 5) is 17.1. The van der Waals surface area contributed by atoms with Gasteiger partial charge in [0.15, 0.2) is 0 Å². The average Bonchev–Trinajstić information content (AvgIpc) is 2.34. The number of hydrogen-bond donors (Lipinski definition) is 1. The largest absolute Gasteiger partial charge is 0.476 e. The van der Waals surface area contributed by atoms with Crippen LogP contribution in [0.4, 0.5) is 0 Å². The number of carbonyl (C=O) groups is 1. The minimum Gasteiger partial charge on any atom is -0.476 e. The Morgan fingerprint density at radius 1 is 1.69 bits per heavy atom. The first-order chi connectivity index (χ1) is 5.59. The molecular formula is C7H10LiN2O2S. The Morgan fingerprint density at radius 2 is 2.31 bits per heavy atom. The van der Waals surface area contributed by atoms with E-state index in [4.69, 9.17) is 5.11 Å². The molecule has 0 unspecified atom stereocenters. The summed E-state index contributed by atoms with van der Waals surface area (Å²) in [5.41, 5.74) is 0. The maximum atomic E-state index is 10.4. The molecule has 0 atom stereocenters. The summed E-state index contributed by atoms with van der Waals surface area (Å²) in [6.45, 7) is 0.741. The first-order valence-corrected chi connectivity index (χ1v) is 4.24. The quantitative estimate of drug-likeness (QED) is 0.711. The summed E-state index contributed by atoms with van der Waals surface area (Å²) in [6.07, 6.45) is 1.61. The Hall–Kier alpha value is -0.343. The Balaban J connectivity index is 0.00000144. The molecule has 1 aromatic heterocycles. The molecule has 1 radical (unpaired) electrons. The Morgan fingerprint density at radius 3 is 2.69 bits per heavy atom. The third-order valence-electron chi connectivity index (χ3n) is 1.21. The molecular weight excluding hydrogens is 183 g/mol. The van der Waals surface area contributed by atoms with Gasteiger partial charge in [0, 0.05) is 36.5 Å². The average molecular weight is 193 g/mol. The molecule has 0 aromatic carbocycles. The van der Waals surface area contributed by atoms with E-state index >= 15 is 0 Å². The molecule has 0 amide bonds. The molecule has 4 nitrogen and oxygen atoms in total. The zero-order valence-corrected chi connectivity index (χ0v) is 8.76. The van der Waals surface area contributed by atoms with Gasteiger partial charge < -0.3 is 10.0 Å². The predicted molar refractivity (Wildman–Crippen MR) is 52.2 cm³/mol. The van der Waals surface area contributed by atoms with Crippen molar-refractivity contribution in [3.05, 3.63) is 16.1 Å². The monoisotopic (exact) mass is 193 g/mol. The fraction of sp³-hybridized carbons (Fsp3) is 0.429. The van der Waals surface area contributed by atoms with E-state index in [1.54, 1.807) is 6.20 Å². The zero-order chi connectivity index (χ0) is 9.14. The van der Waals surface area contributed by atoms with Crippen molar-refractivity contribution in [2.45, 2.75) is 6.54 Å². The molecule has 0 fully saturated rings. The number of hydrogen-bond acceptors (Lipinski definition) is 4. The smallest absolute Gasteiger partial charge is 0.365 e. The summed E-state index contributed by atoms with van der Waals surface area (Å²) in [6, 6.07) is 0. The summed E-state index contributed by atoms with van der Waals surface area (Å²) in [5, 5.41) is 8.73. The molecule has 1 aromatic rings. The van der Waals surface area contributed by atoms with E-state index in [0.717, 1.165) is 11.4 Å². The van der Waals surface area contributed by atoms with Gasteiger partial charge in [-0.25, -0.2) is 9.78 Å². The van der Waals surface area contributed by atoms with Crippen LogP contribution in [0.5, 0.6) is 0 Å². The number of thiazole rings is 1. The molecule has 1 N–H and O–H groups in total. The van der Waals surface area contributed by atoms with E-state index in [0.29, 0.717) is 0 Å². The van der Waals surface area contributed by atoms with E-state index in [9.17, 15) is 4.79 Å². The molecule has 0 aliphatic heterocycles. The summed E-state index contributed by atoms with van der Waals surface area (Å²) in [5.74, 6) is -0.954. The minimum atomic E-state index is -0.954. The van der Waals surface area contributed by atoms with Crippen LogP contribution in [0.3, 0.4) is 0 Å². The molecule has 0 saturated carbocycles. The van der Waals surface area contributed by atoms with Crippen molar-refractivity contribution in [1.82, 2.24) is 9.88 Å². The normalized spacial score (nSPS) is 9.77. The van der Waals surface area contributed by atoms with Crippen LogP contribution in [0.25, 0.3) is 0 Å². The number of aromatic carboxylic acids is 1. The third-order valence-corrected chi connectivity index (χ3v) is 2.18. The maximum Gasteiger partial charge on any atom is 0.365 e. The van der Waals surface area contributed by atoms with Gasteiger partial charge in [-0.1, -0.05) is 0 Å². The van der Waals surface area contributed by atoms with Gasteiger partial charge in [0.2, 0.25) is 5.01 Å². The molecule has 0 aliphatic carbocycles. The van der Waals surface area contributed by atoms with Crippen molar-refractivity contribution in [3.63, 3.8) is 0 Å². The molecule has 0 saturated heterocycles. The Bertz CT molecular complexity index is 288. The first-order valence-electron chi connectivity index (χ1n) is 3.42. The van der Waals surface area contributed by atoms with Crippen LogP contribution in [0.2, 0.25) is 0 Å². The molecule has 1 rings (SSSR count). The number of aromatic nitrogens is 1. The van der Waals surface area contributed by atoms with E-state index in [2.05, 4.69) is 4.98 Å². The number of nitrogens with zero attached hydrogens (tertiary/aromatic N) is 2. The zero-order valence-electron chi connectivity index (χ0n) is 7.94. The van der Waals surface area contributed by atoms with Crippen LogP contribution in [0.1, 0.15) is 14.7 Å². The van der Waals surface area contributed by atoms with Crippen LogP contribution in [0, 0.1) is 0 Å². The van der Waals surface area contributed by atoms with E-state index in [1.165, 1.54) is 11.3 Å². The van der Waals surface area contributed by atoms with Gasteiger partial charge in [-0.3, -0.25) is 0 Å². The molecule has 13 heavy (non-hydrogen) atoms. The number of carboxylic acids is 1. The minimum absolute atomic E-state index is 0. The molecule has 0 aliphatic rings. The van der Waals surface area contributed by atoms with Crippen LogP contribution in [-0.4, -0.2) is 53.9 Å². The maximum absolute atomic E-state index is 10.4. The second-order valence-corrected chi connectivity index (χ2v) is 3.79. The van der Waals surface area contributed by atoms with E-state index < -0.39 is 5.97 Å². The second-order valence-electron chi connectivity index (χ2n) is 2.67. The van der Waals surface area contributed by atoms with Crippen LogP contribution in [-0.2, 0) is 6.54 Å². The van der Waals surface area contributed by atoms with Crippen molar-refractivity contribution in [3.8, 4) is 0 Å². The van der Waals surface area contributed by atoms with Crippen LogP contribution < -0.4 is 0 Å². The molecule has 1 heterocycles. The molecule has 0 bridgehead atoms. The van der Waals surface area contributed by atoms with Gasteiger partial charge in [-0.15, -0.1) is 11.3 Å². The third kappa shape index (κ3) is 3.92. The van der Waals surface area contributed by atoms with E-state index in [1.807, 2.05) is 19.0 Å².